The van der Waals surface area contributed by atoms with Crippen LogP contribution in [0.25, 0.3) is 0 Å². The zero-order chi connectivity index (χ0) is 9.80. The third-order valence-electron chi connectivity index (χ3n) is 2.83. The van der Waals surface area contributed by atoms with E-state index in [2.05, 4.69) is 22.3 Å². The molecule has 0 amide bonds. The van der Waals surface area contributed by atoms with Crippen LogP contribution in [0.15, 0.2) is 4.99 Å². The molecular weight excluding hydrogens is 178 g/mol. The number of ether oxygens (including phenoxy) is 1. The maximum atomic E-state index is 5.55. The van der Waals surface area contributed by atoms with Gasteiger partial charge in [-0.1, -0.05) is 0 Å². The topological polar surface area (TPSA) is 36.9 Å². The van der Waals surface area contributed by atoms with Gasteiger partial charge in [0.2, 0.25) is 0 Å². The molecule has 2 heterocycles. The maximum absolute atomic E-state index is 5.55. The molecule has 80 valence electrons. The Hall–Kier alpha value is -0.770. The summed E-state index contributed by atoms with van der Waals surface area (Å²) in [5, 5.41) is 3.35. The van der Waals surface area contributed by atoms with Gasteiger partial charge in [0.25, 0.3) is 0 Å². The van der Waals surface area contributed by atoms with Crippen molar-refractivity contribution in [2.75, 3.05) is 33.3 Å². The summed E-state index contributed by atoms with van der Waals surface area (Å²) < 4.78 is 5.55. The van der Waals surface area contributed by atoms with Gasteiger partial charge in [0.15, 0.2) is 5.96 Å². The Morgan fingerprint density at radius 1 is 1.64 bits per heavy atom. The molecule has 0 radical (unpaired) electrons. The first-order valence-corrected chi connectivity index (χ1v) is 5.47. The highest BCUT2D eigenvalue weighted by Crippen LogP contribution is 2.14. The molecule has 4 nitrogen and oxygen atoms in total. The quantitative estimate of drug-likeness (QED) is 0.713. The highest BCUT2D eigenvalue weighted by molar-refractivity contribution is 5.81. The molecule has 2 rings (SSSR count). The van der Waals surface area contributed by atoms with Gasteiger partial charge in [-0.25, -0.2) is 0 Å². The molecule has 1 fully saturated rings. The van der Waals surface area contributed by atoms with Gasteiger partial charge in [0.1, 0.15) is 0 Å². The molecule has 0 aromatic rings. The van der Waals surface area contributed by atoms with Crippen molar-refractivity contribution in [1.82, 2.24) is 10.2 Å². The van der Waals surface area contributed by atoms with Gasteiger partial charge < -0.3 is 15.0 Å². The lowest BCUT2D eigenvalue weighted by molar-refractivity contribution is 0.105. The van der Waals surface area contributed by atoms with Crippen LogP contribution in [0.4, 0.5) is 0 Å². The second-order valence-electron chi connectivity index (χ2n) is 3.98. The van der Waals surface area contributed by atoms with E-state index in [1.54, 1.807) is 0 Å². The van der Waals surface area contributed by atoms with E-state index in [1.807, 2.05) is 0 Å². The number of hydrogen-bond donors (Lipinski definition) is 1. The van der Waals surface area contributed by atoms with Crippen LogP contribution in [0.5, 0.6) is 0 Å². The first-order valence-electron chi connectivity index (χ1n) is 5.47. The second-order valence-corrected chi connectivity index (χ2v) is 3.98. The summed E-state index contributed by atoms with van der Waals surface area (Å²) in [6.45, 7) is 3.90. The van der Waals surface area contributed by atoms with Gasteiger partial charge in [-0.2, -0.15) is 0 Å². The fourth-order valence-electron chi connectivity index (χ4n) is 1.94. The van der Waals surface area contributed by atoms with E-state index in [-0.39, 0.29) is 0 Å². The molecule has 1 atom stereocenters. The minimum Gasteiger partial charge on any atom is -0.378 e. The first-order chi connectivity index (χ1) is 6.86. The van der Waals surface area contributed by atoms with Gasteiger partial charge in [-0.05, 0) is 19.3 Å². The van der Waals surface area contributed by atoms with E-state index in [4.69, 9.17) is 4.74 Å². The third-order valence-corrected chi connectivity index (χ3v) is 2.83. The molecule has 2 aliphatic rings. The van der Waals surface area contributed by atoms with Crippen molar-refractivity contribution >= 4 is 5.96 Å². The molecule has 0 spiro atoms. The van der Waals surface area contributed by atoms with Gasteiger partial charge in [0, 0.05) is 26.7 Å². The fourth-order valence-corrected chi connectivity index (χ4v) is 1.94. The number of nitrogens with one attached hydrogen (secondary N) is 1. The van der Waals surface area contributed by atoms with Crippen molar-refractivity contribution in [3.8, 4) is 0 Å². The number of guanidine groups is 1. The number of likely N-dealkylation sites (N-methyl/N-ethyl adjacent to an activating group) is 1. The van der Waals surface area contributed by atoms with Crippen molar-refractivity contribution in [2.24, 2.45) is 4.99 Å². The summed E-state index contributed by atoms with van der Waals surface area (Å²) in [7, 11) is 2.07. The van der Waals surface area contributed by atoms with Crippen LogP contribution in [0.3, 0.4) is 0 Å². The Morgan fingerprint density at radius 3 is 3.21 bits per heavy atom. The highest BCUT2D eigenvalue weighted by atomic mass is 16.5. The minimum absolute atomic E-state index is 0.481. The molecule has 14 heavy (non-hydrogen) atoms. The molecule has 1 saturated heterocycles. The van der Waals surface area contributed by atoms with Gasteiger partial charge in [-0.15, -0.1) is 0 Å². The molecule has 0 aromatic carbocycles. The Balaban J connectivity index is 1.62. The van der Waals surface area contributed by atoms with Crippen LogP contribution in [-0.2, 0) is 4.74 Å². The fraction of sp³-hybridized carbons (Fsp3) is 0.900. The predicted octanol–water partition coefficient (Wildman–Crippen LogP) is 0.446. The van der Waals surface area contributed by atoms with Crippen molar-refractivity contribution in [3.05, 3.63) is 0 Å². The number of nitrogens with zero attached hydrogens (tertiary/aromatic N) is 2. The Kier molecular flexibility index (Phi) is 3.24. The number of aliphatic imine (C=N–C) groups is 1. The molecule has 0 aromatic heterocycles. The summed E-state index contributed by atoms with van der Waals surface area (Å²) in [5.41, 5.74) is 0. The molecule has 1 N–H and O–H groups in total. The van der Waals surface area contributed by atoms with Crippen molar-refractivity contribution in [2.45, 2.75) is 25.4 Å². The standard InChI is InChI=1S/C10H19N3O/c1-13-7-6-12-10(13)11-5-4-9-3-2-8-14-9/h9H,2-8H2,1H3,(H,11,12). The first kappa shape index (κ1) is 9.77. The van der Waals surface area contributed by atoms with E-state index >= 15 is 0 Å². The van der Waals surface area contributed by atoms with Crippen LogP contribution in [0, 0.1) is 0 Å². The monoisotopic (exact) mass is 197 g/mol. The van der Waals surface area contributed by atoms with E-state index in [0.29, 0.717) is 6.10 Å². The van der Waals surface area contributed by atoms with Crippen LogP contribution >= 0.6 is 0 Å². The van der Waals surface area contributed by atoms with E-state index in [0.717, 1.165) is 38.6 Å². The molecule has 4 heteroatoms. The van der Waals surface area contributed by atoms with Gasteiger partial charge in [0.05, 0.1) is 12.6 Å². The summed E-state index contributed by atoms with van der Waals surface area (Å²) in [4.78, 5) is 6.53. The lowest BCUT2D eigenvalue weighted by atomic mass is 10.2. The van der Waals surface area contributed by atoms with Gasteiger partial charge in [-0.3, -0.25) is 4.99 Å². The Bertz CT molecular complexity index is 211. The summed E-state index contributed by atoms with van der Waals surface area (Å²) in [5.74, 6) is 1.04. The Labute approximate surface area is 85.3 Å². The summed E-state index contributed by atoms with van der Waals surface area (Å²) in [6, 6.07) is 0. The van der Waals surface area contributed by atoms with Crippen LogP contribution in [0.1, 0.15) is 19.3 Å². The van der Waals surface area contributed by atoms with Crippen molar-refractivity contribution < 1.29 is 4.74 Å². The van der Waals surface area contributed by atoms with E-state index < -0.39 is 0 Å². The average molecular weight is 197 g/mol. The maximum Gasteiger partial charge on any atom is 0.193 e. The molecule has 1 unspecified atom stereocenters. The van der Waals surface area contributed by atoms with Crippen molar-refractivity contribution in [3.63, 3.8) is 0 Å². The average Bonchev–Trinajstić information content (AvgIpc) is 2.78. The summed E-state index contributed by atoms with van der Waals surface area (Å²) >= 11 is 0. The molecule has 2 aliphatic heterocycles. The second kappa shape index (κ2) is 4.64. The predicted molar refractivity (Wildman–Crippen MR) is 56.5 cm³/mol. The lowest BCUT2D eigenvalue weighted by Gasteiger charge is -2.16. The number of rotatable bonds is 3. The smallest absolute Gasteiger partial charge is 0.193 e. The zero-order valence-electron chi connectivity index (χ0n) is 8.83. The van der Waals surface area contributed by atoms with Crippen LogP contribution in [0.2, 0.25) is 0 Å². The molecule has 0 saturated carbocycles. The SMILES string of the molecule is CN1CCN=C1NCCC1CCCO1. The van der Waals surface area contributed by atoms with Gasteiger partial charge >= 0.3 is 0 Å². The molecule has 0 bridgehead atoms. The Morgan fingerprint density at radius 2 is 2.57 bits per heavy atom. The van der Waals surface area contributed by atoms with E-state index in [9.17, 15) is 0 Å². The zero-order valence-corrected chi connectivity index (χ0v) is 8.83. The third kappa shape index (κ3) is 2.38. The minimum atomic E-state index is 0.481. The number of hydrogen-bond acceptors (Lipinski definition) is 4. The normalized spacial score (nSPS) is 26.8. The van der Waals surface area contributed by atoms with Crippen LogP contribution in [-0.4, -0.2) is 50.3 Å². The van der Waals surface area contributed by atoms with E-state index in [1.165, 1.54) is 12.8 Å². The largest absolute Gasteiger partial charge is 0.378 e. The summed E-state index contributed by atoms with van der Waals surface area (Å²) in [6.07, 6.45) is 4.04. The molecular formula is C10H19N3O. The highest BCUT2D eigenvalue weighted by Gasteiger charge is 2.16. The lowest BCUT2D eigenvalue weighted by Crippen LogP contribution is -2.36. The van der Waals surface area contributed by atoms with Crippen molar-refractivity contribution in [1.29, 1.82) is 0 Å². The van der Waals surface area contributed by atoms with Crippen LogP contribution < -0.4 is 5.32 Å². The molecule has 0 aliphatic carbocycles.